The van der Waals surface area contributed by atoms with Gasteiger partial charge >= 0.3 is 13.6 Å². The van der Waals surface area contributed by atoms with Crippen LogP contribution in [0.25, 0.3) is 0 Å². The zero-order valence-corrected chi connectivity index (χ0v) is 43.4. The topological polar surface area (TPSA) is 308 Å². The van der Waals surface area contributed by atoms with Gasteiger partial charge < -0.3 is 88.5 Å². The zero-order chi connectivity index (χ0) is 53.4. The monoisotopic (exact) mass is 1120 g/mol. The van der Waals surface area contributed by atoms with Crippen molar-refractivity contribution in [2.45, 2.75) is 31.6 Å². The quantitative estimate of drug-likeness (QED) is 0.00815. The minimum atomic E-state index is -4.12. The summed E-state index contributed by atoms with van der Waals surface area (Å²) < 4.78 is 111. The summed E-state index contributed by atoms with van der Waals surface area (Å²) in [6.07, 6.45) is 3.03. The number of nitrogens with two attached hydrogens (primary N) is 1. The van der Waals surface area contributed by atoms with Crippen LogP contribution in [0.15, 0.2) is 28.3 Å². The number of amides is 1. The number of rotatable bonds is 41. The number of hydrazone groups is 1. The number of ether oxygens (including phenoxy) is 10. The summed E-state index contributed by atoms with van der Waals surface area (Å²) in [5.41, 5.74) is 1.62. The van der Waals surface area contributed by atoms with Crippen molar-refractivity contribution in [3.05, 3.63) is 46.4 Å². The Bertz CT molecular complexity index is 2100. The molecule has 2 aromatic rings. The summed E-state index contributed by atoms with van der Waals surface area (Å²) in [4.78, 5) is 53.1. The fourth-order valence-electron chi connectivity index (χ4n) is 6.57. The molecule has 4 rings (SSSR count). The molecule has 24 nitrogen and oxygen atoms in total. The highest BCUT2D eigenvalue weighted by Gasteiger charge is 2.35. The van der Waals surface area contributed by atoms with Crippen LogP contribution in [-0.2, 0) is 61.3 Å². The number of benzene rings is 1. The first kappa shape index (κ1) is 62.5. The molecule has 3 atom stereocenters. The Morgan fingerprint density at radius 1 is 0.878 bits per heavy atom. The van der Waals surface area contributed by atoms with E-state index in [-0.39, 0.29) is 77.2 Å². The van der Waals surface area contributed by atoms with Crippen molar-refractivity contribution in [3.8, 4) is 5.75 Å². The van der Waals surface area contributed by atoms with Crippen LogP contribution in [0.4, 0.5) is 24.7 Å². The first-order valence-electron chi connectivity index (χ1n) is 23.5. The third-order valence-corrected chi connectivity index (χ3v) is 12.9. The van der Waals surface area contributed by atoms with Crippen LogP contribution in [0.5, 0.6) is 5.75 Å². The van der Waals surface area contributed by atoms with E-state index in [1.807, 2.05) is 4.90 Å². The summed E-state index contributed by atoms with van der Waals surface area (Å²) >= 11 is 6.36. The first-order valence-corrected chi connectivity index (χ1v) is 26.8. The lowest BCUT2D eigenvalue weighted by molar-refractivity contribution is -0.136. The number of halogens is 4. The molecule has 74 heavy (non-hydrogen) atoms. The van der Waals surface area contributed by atoms with Crippen LogP contribution in [0.1, 0.15) is 24.8 Å². The highest BCUT2D eigenvalue weighted by molar-refractivity contribution is 7.62. The van der Waals surface area contributed by atoms with Gasteiger partial charge in [-0.15, -0.1) is 0 Å². The molecule has 1 aromatic carbocycles. The number of carbonyl (C=O) groups is 2. The van der Waals surface area contributed by atoms with Gasteiger partial charge in [0.05, 0.1) is 154 Å². The van der Waals surface area contributed by atoms with E-state index in [1.54, 1.807) is 6.07 Å². The summed E-state index contributed by atoms with van der Waals surface area (Å²) in [6, 6.07) is 2.49. The van der Waals surface area contributed by atoms with E-state index in [0.717, 1.165) is 0 Å². The third-order valence-electron chi connectivity index (χ3n) is 10.2. The van der Waals surface area contributed by atoms with Crippen molar-refractivity contribution in [3.63, 3.8) is 0 Å². The predicted octanol–water partition coefficient (Wildman–Crippen LogP) is 2.88. The van der Waals surface area contributed by atoms with Gasteiger partial charge in [-0.1, -0.05) is 11.6 Å². The van der Waals surface area contributed by atoms with E-state index in [1.165, 1.54) is 12.4 Å². The largest absolute Gasteiger partial charge is 0.420 e. The molecular formula is C44H66ClF3N8O16P2. The molecule has 1 aromatic heterocycles. The molecule has 0 aliphatic carbocycles. The van der Waals surface area contributed by atoms with Crippen molar-refractivity contribution in [2.24, 2.45) is 21.9 Å². The molecule has 2 aliphatic heterocycles. The van der Waals surface area contributed by atoms with E-state index < -0.39 is 43.0 Å². The maximum atomic E-state index is 13.6. The Balaban J connectivity index is 0.883. The second-order valence-electron chi connectivity index (χ2n) is 15.9. The number of anilines is 2. The number of hydrogen-bond acceptors (Lipinski definition) is 21. The number of nitrogens with one attached hydrogen (secondary N) is 3. The molecule has 3 unspecified atom stereocenters. The molecule has 0 spiro atoms. The highest BCUT2D eigenvalue weighted by Crippen LogP contribution is 2.42. The maximum absolute atomic E-state index is 13.6. The number of esters is 1. The summed E-state index contributed by atoms with van der Waals surface area (Å²) in [6.45, 7) is 6.31. The van der Waals surface area contributed by atoms with E-state index in [9.17, 15) is 27.3 Å². The van der Waals surface area contributed by atoms with Crippen molar-refractivity contribution in [2.75, 3.05) is 155 Å². The van der Waals surface area contributed by atoms with E-state index in [0.29, 0.717) is 153 Å². The Morgan fingerprint density at radius 2 is 1.46 bits per heavy atom. The molecule has 7 N–H and O–H groups in total. The molecule has 3 heterocycles. The molecule has 1 amide bonds. The van der Waals surface area contributed by atoms with Gasteiger partial charge in [-0.05, 0) is 18.9 Å². The first-order chi connectivity index (χ1) is 35.8. The lowest BCUT2D eigenvalue weighted by Gasteiger charge is -2.41. The Hall–Kier alpha value is -4.02. The second kappa shape index (κ2) is 36.1. The van der Waals surface area contributed by atoms with Gasteiger partial charge in [0.1, 0.15) is 28.7 Å². The summed E-state index contributed by atoms with van der Waals surface area (Å²) in [5, 5.41) is 18.0. The molecule has 30 heteroatoms. The van der Waals surface area contributed by atoms with E-state index in [4.69, 9.17) is 79.8 Å². The van der Waals surface area contributed by atoms with Gasteiger partial charge in [-0.3, -0.25) is 19.1 Å². The Kier molecular flexibility index (Phi) is 30.5. The van der Waals surface area contributed by atoms with Crippen molar-refractivity contribution >= 4 is 69.5 Å². The number of nitrogens with zero attached hydrogens (tertiary/aromatic N) is 4. The number of aliphatic imine (C=N–C) groups is 1. The molecule has 0 saturated carbocycles. The lowest BCUT2D eigenvalue weighted by Crippen LogP contribution is -2.54. The molecule has 416 valence electrons. The number of hydrogen-bond donors (Lipinski definition) is 6. The van der Waals surface area contributed by atoms with Crippen molar-refractivity contribution in [1.82, 2.24) is 10.3 Å². The minimum Gasteiger partial charge on any atom is -0.420 e. The molecule has 2 saturated heterocycles. The zero-order valence-electron chi connectivity index (χ0n) is 40.7. The SMILES string of the molecule is N=Cc1c(N2CC(C(=O)NCCOCCOCCOCCOC/C(C=NCCOCCOCCOCCOCCC(=O)Oc3c(F)cc(F)cc3F)=N/N)C2)cc(Cl)nc1NC1CCC(COPCP(=O)(O)O)O1. The molecular weight excluding hydrogens is 1050 g/mol. The molecule has 0 radical (unpaired) electrons. The fraction of sp³-hybridized carbons (Fsp3) is 0.636. The van der Waals surface area contributed by atoms with Gasteiger partial charge in [0.25, 0.3) is 0 Å². The highest BCUT2D eigenvalue weighted by atomic mass is 35.5. The summed E-state index contributed by atoms with van der Waals surface area (Å²) in [5.74, 6) is -0.536. The normalized spacial score (nSPS) is 16.4. The predicted molar refractivity (Wildman–Crippen MR) is 267 cm³/mol. The van der Waals surface area contributed by atoms with Crippen LogP contribution in [0, 0.1) is 28.8 Å². The molecule has 2 aliphatic rings. The van der Waals surface area contributed by atoms with Crippen LogP contribution in [0.2, 0.25) is 5.15 Å². The summed E-state index contributed by atoms with van der Waals surface area (Å²) in [7, 11) is -4.45. The average Bonchev–Trinajstić information content (AvgIpc) is 3.79. The van der Waals surface area contributed by atoms with Gasteiger partial charge in [0.2, 0.25) is 11.7 Å². The third kappa shape index (κ3) is 25.7. The average molecular weight is 1120 g/mol. The molecule has 2 fully saturated rings. The van der Waals surface area contributed by atoms with Crippen LogP contribution in [0.3, 0.4) is 0 Å². The van der Waals surface area contributed by atoms with Crippen LogP contribution < -0.4 is 26.1 Å². The van der Waals surface area contributed by atoms with Gasteiger partial charge in [-0.2, -0.15) is 5.10 Å². The Morgan fingerprint density at radius 3 is 2.05 bits per heavy atom. The smallest absolute Gasteiger partial charge is 0.331 e. The van der Waals surface area contributed by atoms with Gasteiger partial charge in [-0.25, -0.2) is 18.2 Å². The van der Waals surface area contributed by atoms with Crippen LogP contribution >= 0.6 is 28.0 Å². The number of pyridine rings is 1. The lowest BCUT2D eigenvalue weighted by atomic mass is 9.97. The van der Waals surface area contributed by atoms with E-state index >= 15 is 0 Å². The van der Waals surface area contributed by atoms with Crippen LogP contribution in [-0.4, -0.2) is 202 Å². The maximum Gasteiger partial charge on any atom is 0.331 e. The van der Waals surface area contributed by atoms with E-state index in [2.05, 4.69) is 30.4 Å². The van der Waals surface area contributed by atoms with Crippen molar-refractivity contribution < 1.29 is 89.0 Å². The number of aromatic nitrogens is 1. The fourth-order valence-corrected chi connectivity index (χ4v) is 8.10. The second-order valence-corrected chi connectivity index (χ2v) is 19.5. The number of carbonyl (C=O) groups excluding carboxylic acids is 2. The minimum absolute atomic E-state index is 0.0623. The van der Waals surface area contributed by atoms with Crippen molar-refractivity contribution in [1.29, 1.82) is 5.41 Å². The Labute approximate surface area is 433 Å². The standard InChI is InChI=1S/C44H66ClF3N8O16P2/c45-39-23-38(35(24-49)43(53-39)54-40-2-1-34(71-40)29-70-73-30-74(59,60)61)56-26-31(27-56)44(58)52-5-8-64-11-14-67-17-18-68-19-20-69-28-33(55-50)25-51-4-7-63-10-13-66-16-15-65-12-9-62-6-3-41(57)72-42-36(47)21-32(46)22-37(42)48/h21-25,31,34,40,49,73H,1-20,26-30,50H2,(H,52,58)(H,53,54)(H2,59,60,61)/b49-24?,51-25?,55-33+. The molecule has 0 bridgehead atoms. The van der Waals surface area contributed by atoms with Gasteiger partial charge in [0, 0.05) is 53.0 Å². The van der Waals surface area contributed by atoms with Gasteiger partial charge in [0.15, 0.2) is 11.6 Å².